The summed E-state index contributed by atoms with van der Waals surface area (Å²) in [5.74, 6) is 0. The maximum Gasteiger partial charge on any atom is -0.00697 e. The molecule has 0 atom stereocenters. The van der Waals surface area contributed by atoms with Crippen molar-refractivity contribution < 1.29 is 0 Å². The van der Waals surface area contributed by atoms with E-state index in [-0.39, 0.29) is 0 Å². The van der Waals surface area contributed by atoms with Gasteiger partial charge in [-0.05, 0) is 283 Å². The van der Waals surface area contributed by atoms with Gasteiger partial charge in [-0.2, -0.15) is 0 Å². The summed E-state index contributed by atoms with van der Waals surface area (Å²) in [6, 6.07) is 132. The lowest BCUT2D eigenvalue weighted by atomic mass is 9.89. The number of benzene rings is 21. The lowest BCUT2D eigenvalue weighted by Crippen LogP contribution is -1.88. The monoisotopic (exact) mass is 1420 g/mol. The van der Waals surface area contributed by atoms with Gasteiger partial charge in [0.05, 0.1) is 0 Å². The van der Waals surface area contributed by atoms with E-state index in [0.717, 1.165) is 0 Å². The second kappa shape index (κ2) is 29.0. The first-order valence-electron chi connectivity index (χ1n) is 39.0. The molecule has 0 unspecified atom stereocenters. The van der Waals surface area contributed by atoms with Crippen molar-refractivity contribution in [3.05, 3.63) is 408 Å². The fourth-order valence-electron chi connectivity index (χ4n) is 17.9. The highest BCUT2D eigenvalue weighted by atomic mass is 14.2. The zero-order chi connectivity index (χ0) is 75.5. The molecule has 0 fully saturated rings. The topological polar surface area (TPSA) is 0 Å². The van der Waals surface area contributed by atoms with Gasteiger partial charge in [-0.3, -0.25) is 0 Å². The Balaban J connectivity index is 0.000000106. The third kappa shape index (κ3) is 13.3. The van der Waals surface area contributed by atoms with Gasteiger partial charge in [0.2, 0.25) is 0 Å². The maximum atomic E-state index is 2.39. The molecule has 0 aliphatic rings. The van der Waals surface area contributed by atoms with E-state index >= 15 is 0 Å². The molecule has 0 heteroatoms. The molecule has 0 spiro atoms. The number of fused-ring (bicyclic) bond motifs is 24. The average Bonchev–Trinajstić information content (AvgIpc) is 0.735. The molecule has 0 amide bonds. The second-order valence-electron chi connectivity index (χ2n) is 30.9. The van der Waals surface area contributed by atoms with Gasteiger partial charge in [-0.15, -0.1) is 0 Å². The van der Waals surface area contributed by atoms with Gasteiger partial charge in [-0.1, -0.05) is 372 Å². The first-order valence-corrected chi connectivity index (χ1v) is 39.0. The van der Waals surface area contributed by atoms with E-state index in [1.54, 1.807) is 0 Å². The zero-order valence-electron chi connectivity index (χ0n) is 64.6. The Morgan fingerprint density at radius 2 is 0.288 bits per heavy atom. The van der Waals surface area contributed by atoms with Crippen LogP contribution in [0.15, 0.2) is 358 Å². The average molecular weight is 1420 g/mol. The summed E-state index contributed by atoms with van der Waals surface area (Å²) >= 11 is 0. The van der Waals surface area contributed by atoms with Crippen molar-refractivity contribution in [2.24, 2.45) is 0 Å². The summed E-state index contributed by atoms with van der Waals surface area (Å²) in [7, 11) is 0. The van der Waals surface area contributed by atoms with Crippen LogP contribution in [-0.2, 0) is 0 Å². The largest absolute Gasteiger partial charge is 0.0616 e. The predicted octanol–water partition coefficient (Wildman–Crippen LogP) is 31.7. The SMILES string of the molecule is Cc1cc(C)cc(-c2ccc3c4ccccc4c4ccc(-c5cc(C)cc(C)c5)cc4c3c2)c1.Cc1cc(C)cc(-c2ccc3c4ccccc4c4ccccc4c3c2)c1.Cc1cccc(-c2ccc3c4ccccc4c4ccc(-c5cccc(C)c5)cc4c3c2)c1.Cc1cccc2c3ccccc3c3ccccc3c12. The molecular formula is C111H86. The number of aryl methyl sites for hydroxylation is 9. The molecular weight excluding hydrogens is 1330 g/mol. The van der Waals surface area contributed by atoms with Crippen molar-refractivity contribution in [2.75, 3.05) is 0 Å². The molecule has 21 aromatic rings. The van der Waals surface area contributed by atoms with Crippen molar-refractivity contribution >= 4 is 129 Å². The third-order valence-electron chi connectivity index (χ3n) is 22.8. The molecule has 111 heavy (non-hydrogen) atoms. The van der Waals surface area contributed by atoms with Crippen LogP contribution in [0.5, 0.6) is 0 Å². The summed E-state index contributed by atoms with van der Waals surface area (Å²) in [5, 5.41) is 31.9. The van der Waals surface area contributed by atoms with Gasteiger partial charge in [0.1, 0.15) is 0 Å². The Morgan fingerprint density at radius 3 is 0.550 bits per heavy atom. The molecule has 0 nitrogen and oxygen atoms in total. The van der Waals surface area contributed by atoms with Crippen LogP contribution in [0.4, 0.5) is 0 Å². The maximum absolute atomic E-state index is 2.39. The summed E-state index contributed by atoms with van der Waals surface area (Å²) in [4.78, 5) is 0. The van der Waals surface area contributed by atoms with Gasteiger partial charge < -0.3 is 0 Å². The Morgan fingerprint density at radius 1 is 0.108 bits per heavy atom. The lowest BCUT2D eigenvalue weighted by Gasteiger charge is -2.14. The lowest BCUT2D eigenvalue weighted by molar-refractivity contribution is 1.38. The standard InChI is InChI=1S/C34H28.C32H24.C26H20.C19H14/c1-21-13-22(2)16-27(15-21)25-9-11-31-29-7-5-6-8-30(29)32-12-10-26(20-34(32)33(31)19-25)28-17-23(3)14-24(4)18-28;1-21-7-5-9-23(17-21)25-13-15-29-27-11-3-4-12-28(27)30-16-14-26(20-32(30)31(29)19-25)24-10-6-8-22(2)18-24;1-17-13-18(2)15-20(14-17)19-11-12-25-23-9-4-3-7-21(23)22-8-5-6-10-24(22)26(25)16-19;1-13-7-6-12-18-16-9-3-2-8-14(16)15-10-4-5-11-17(15)19(13)18/h5-20H,1-4H3;3-20H,1-2H3;3-16H,1-2H3;2-12H,1H3. The minimum atomic E-state index is 1.26. The normalized spacial score (nSPS) is 11.5. The Bertz CT molecular complexity index is 6910. The Kier molecular flexibility index (Phi) is 18.2. The van der Waals surface area contributed by atoms with E-state index in [4.69, 9.17) is 0 Å². The molecule has 0 saturated carbocycles. The number of rotatable bonds is 5. The highest BCUT2D eigenvalue weighted by Gasteiger charge is 2.17. The van der Waals surface area contributed by atoms with Crippen molar-refractivity contribution in [3.8, 4) is 55.6 Å². The van der Waals surface area contributed by atoms with Crippen LogP contribution in [0.25, 0.3) is 185 Å². The predicted molar refractivity (Wildman–Crippen MR) is 486 cm³/mol. The van der Waals surface area contributed by atoms with E-state index in [1.165, 1.54) is 235 Å². The van der Waals surface area contributed by atoms with Crippen LogP contribution in [0.1, 0.15) is 50.1 Å². The van der Waals surface area contributed by atoms with Crippen LogP contribution >= 0.6 is 0 Å². The van der Waals surface area contributed by atoms with Crippen molar-refractivity contribution in [1.82, 2.24) is 0 Å². The molecule has 0 N–H and O–H groups in total. The van der Waals surface area contributed by atoms with Crippen LogP contribution in [0.3, 0.4) is 0 Å². The molecule has 0 aliphatic carbocycles. The van der Waals surface area contributed by atoms with Crippen molar-refractivity contribution in [3.63, 3.8) is 0 Å². The van der Waals surface area contributed by atoms with E-state index < -0.39 is 0 Å². The van der Waals surface area contributed by atoms with Gasteiger partial charge in [0.15, 0.2) is 0 Å². The number of hydrogen-bond acceptors (Lipinski definition) is 0. The summed E-state index contributed by atoms with van der Waals surface area (Å²) in [5.41, 5.74) is 24.5. The molecule has 0 bridgehead atoms. The van der Waals surface area contributed by atoms with Crippen molar-refractivity contribution in [1.29, 1.82) is 0 Å². The second-order valence-corrected chi connectivity index (χ2v) is 30.9. The van der Waals surface area contributed by atoms with Crippen LogP contribution in [0, 0.1) is 62.3 Å². The quantitative estimate of drug-likeness (QED) is 0.151. The minimum absolute atomic E-state index is 1.26. The molecule has 530 valence electrons. The highest BCUT2D eigenvalue weighted by Crippen LogP contribution is 2.44. The molecule has 0 aromatic heterocycles. The smallest absolute Gasteiger partial charge is 0.00697 e. The van der Waals surface area contributed by atoms with Gasteiger partial charge >= 0.3 is 0 Å². The summed E-state index contributed by atoms with van der Waals surface area (Å²) in [6.45, 7) is 19.5. The fourth-order valence-corrected chi connectivity index (χ4v) is 17.9. The molecule has 0 radical (unpaired) electrons. The summed E-state index contributed by atoms with van der Waals surface area (Å²) < 4.78 is 0. The number of hydrogen-bond donors (Lipinski definition) is 0. The van der Waals surface area contributed by atoms with E-state index in [0.29, 0.717) is 0 Å². The third-order valence-corrected chi connectivity index (χ3v) is 22.8. The Labute approximate surface area is 650 Å². The molecule has 21 rings (SSSR count). The van der Waals surface area contributed by atoms with E-state index in [9.17, 15) is 0 Å². The van der Waals surface area contributed by atoms with Crippen LogP contribution in [0.2, 0.25) is 0 Å². The Hall–Kier alpha value is -13.3. The molecule has 0 heterocycles. The summed E-state index contributed by atoms with van der Waals surface area (Å²) in [6.07, 6.45) is 0. The first kappa shape index (κ1) is 69.5. The van der Waals surface area contributed by atoms with Gasteiger partial charge in [0.25, 0.3) is 0 Å². The first-order chi connectivity index (χ1) is 54.2. The fraction of sp³-hybridized carbons (Fsp3) is 0.0811. The van der Waals surface area contributed by atoms with Gasteiger partial charge in [-0.25, -0.2) is 0 Å². The van der Waals surface area contributed by atoms with Gasteiger partial charge in [0, 0.05) is 0 Å². The molecule has 0 aliphatic heterocycles. The van der Waals surface area contributed by atoms with Crippen LogP contribution in [-0.4, -0.2) is 0 Å². The molecule has 21 aromatic carbocycles. The van der Waals surface area contributed by atoms with Crippen molar-refractivity contribution in [2.45, 2.75) is 62.3 Å². The molecule has 0 saturated heterocycles. The van der Waals surface area contributed by atoms with E-state index in [1.807, 2.05) is 0 Å². The zero-order valence-corrected chi connectivity index (χ0v) is 64.6. The van der Waals surface area contributed by atoms with E-state index in [2.05, 4.69) is 420 Å². The highest BCUT2D eigenvalue weighted by molar-refractivity contribution is 6.30. The van der Waals surface area contributed by atoms with Crippen LogP contribution < -0.4 is 0 Å². The minimum Gasteiger partial charge on any atom is -0.0616 e.